The molecule has 1 aliphatic rings. The maximum Gasteiger partial charge on any atom is 0.269 e. The first-order valence-electron chi connectivity index (χ1n) is 10.7. The monoisotopic (exact) mass is 442 g/mol. The Morgan fingerprint density at radius 2 is 1.64 bits per heavy atom. The van der Waals surface area contributed by atoms with Gasteiger partial charge in [0.05, 0.1) is 11.0 Å². The molecule has 0 bridgehead atoms. The summed E-state index contributed by atoms with van der Waals surface area (Å²) < 4.78 is 13.0. The van der Waals surface area contributed by atoms with Crippen molar-refractivity contribution in [3.63, 3.8) is 0 Å². The lowest BCUT2D eigenvalue weighted by Gasteiger charge is -2.18. The molecule has 0 spiro atoms. The molecular formula is C25H22N4O4. The molecule has 0 unspecified atom stereocenters. The van der Waals surface area contributed by atoms with Gasteiger partial charge in [-0.1, -0.05) is 30.3 Å². The van der Waals surface area contributed by atoms with Gasteiger partial charge in [0.25, 0.3) is 5.91 Å². The van der Waals surface area contributed by atoms with E-state index < -0.39 is 5.91 Å². The molecule has 8 nitrogen and oxygen atoms in total. The van der Waals surface area contributed by atoms with Crippen LogP contribution in [0.25, 0.3) is 16.7 Å². The van der Waals surface area contributed by atoms with Crippen molar-refractivity contribution in [2.75, 3.05) is 13.2 Å². The van der Waals surface area contributed by atoms with Gasteiger partial charge in [0, 0.05) is 24.1 Å². The number of hydrogen-bond donors (Lipinski definition) is 2. The Morgan fingerprint density at radius 3 is 2.48 bits per heavy atom. The second-order valence-corrected chi connectivity index (χ2v) is 7.55. The molecule has 0 radical (unpaired) electrons. The quantitative estimate of drug-likeness (QED) is 0.463. The number of aromatic nitrogens is 2. The Balaban J connectivity index is 1.24. The van der Waals surface area contributed by atoms with E-state index in [1.165, 1.54) is 0 Å². The molecule has 4 aromatic rings. The van der Waals surface area contributed by atoms with E-state index in [0.717, 1.165) is 22.5 Å². The van der Waals surface area contributed by atoms with E-state index in [2.05, 4.69) is 15.4 Å². The number of benzene rings is 3. The molecule has 0 aliphatic carbocycles. The molecule has 0 atom stereocenters. The van der Waals surface area contributed by atoms with E-state index >= 15 is 0 Å². The molecule has 1 aromatic heterocycles. The average Bonchev–Trinajstić information content (AvgIpc) is 3.24. The van der Waals surface area contributed by atoms with Gasteiger partial charge in [0.15, 0.2) is 11.5 Å². The highest BCUT2D eigenvalue weighted by Crippen LogP contribution is 2.30. The minimum absolute atomic E-state index is 0.164. The molecular weight excluding hydrogens is 420 g/mol. The predicted molar refractivity (Wildman–Crippen MR) is 122 cm³/mol. The molecule has 1 aliphatic heterocycles. The zero-order valence-corrected chi connectivity index (χ0v) is 17.8. The van der Waals surface area contributed by atoms with Crippen molar-refractivity contribution in [3.05, 3.63) is 84.2 Å². The van der Waals surface area contributed by atoms with Gasteiger partial charge in [-0.05, 0) is 42.5 Å². The van der Waals surface area contributed by atoms with Crippen LogP contribution in [0.2, 0.25) is 0 Å². The molecule has 166 valence electrons. The molecule has 2 N–H and O–H groups in total. The van der Waals surface area contributed by atoms with Gasteiger partial charge >= 0.3 is 0 Å². The van der Waals surface area contributed by atoms with Crippen molar-refractivity contribution in [2.24, 2.45) is 0 Å². The molecule has 0 saturated carbocycles. The highest BCUT2D eigenvalue weighted by atomic mass is 16.6. The Kier molecular flexibility index (Phi) is 5.63. The zero-order valence-electron chi connectivity index (χ0n) is 17.8. The molecule has 8 heteroatoms. The van der Waals surface area contributed by atoms with E-state index in [1.54, 1.807) is 18.2 Å². The van der Waals surface area contributed by atoms with E-state index in [-0.39, 0.29) is 12.3 Å². The second kappa shape index (κ2) is 9.04. The smallest absolute Gasteiger partial charge is 0.269 e. The summed E-state index contributed by atoms with van der Waals surface area (Å²) in [7, 11) is 0. The van der Waals surface area contributed by atoms with Crippen molar-refractivity contribution < 1.29 is 19.1 Å². The molecule has 2 heterocycles. The topological polar surface area (TPSA) is 94.5 Å². The summed E-state index contributed by atoms with van der Waals surface area (Å²) in [5.74, 6) is 1.14. The zero-order chi connectivity index (χ0) is 22.6. The van der Waals surface area contributed by atoms with Gasteiger partial charge in [-0.2, -0.15) is 0 Å². The number of fused-ring (bicyclic) bond motifs is 2. The Morgan fingerprint density at radius 1 is 0.879 bits per heavy atom. The van der Waals surface area contributed by atoms with Gasteiger partial charge in [0.1, 0.15) is 19.0 Å². The maximum atomic E-state index is 12.4. The summed E-state index contributed by atoms with van der Waals surface area (Å²) in [4.78, 5) is 29.6. The van der Waals surface area contributed by atoms with Crippen LogP contribution in [0, 0.1) is 0 Å². The van der Waals surface area contributed by atoms with Gasteiger partial charge in [-0.15, -0.1) is 0 Å². The van der Waals surface area contributed by atoms with Gasteiger partial charge in [0.2, 0.25) is 5.91 Å². The first-order valence-corrected chi connectivity index (χ1v) is 10.7. The van der Waals surface area contributed by atoms with Crippen molar-refractivity contribution in [2.45, 2.75) is 12.8 Å². The lowest BCUT2D eigenvalue weighted by atomic mass is 10.2. The molecule has 33 heavy (non-hydrogen) atoms. The van der Waals surface area contributed by atoms with Crippen LogP contribution in [-0.2, 0) is 11.2 Å². The first-order chi connectivity index (χ1) is 16.2. The summed E-state index contributed by atoms with van der Waals surface area (Å²) in [5, 5.41) is 0. The molecule has 3 aromatic carbocycles. The highest BCUT2D eigenvalue weighted by molar-refractivity contribution is 5.96. The third-order valence-electron chi connectivity index (χ3n) is 5.34. The lowest BCUT2D eigenvalue weighted by Crippen LogP contribution is -2.41. The van der Waals surface area contributed by atoms with Gasteiger partial charge in [-0.25, -0.2) is 4.98 Å². The SMILES string of the molecule is O=C(CCc1nc2ccccc2n1-c1ccccc1)NNC(=O)c1ccc2c(c1)OCCO2. The number of nitrogens with one attached hydrogen (secondary N) is 2. The standard InChI is InChI=1S/C25H22N4O4/c30-24(27-28-25(31)17-10-11-21-22(16-17)33-15-14-32-21)13-12-23-26-19-8-4-5-9-20(19)29(23)18-6-2-1-3-7-18/h1-11,16H,12-15H2,(H,27,30)(H,28,31). The Hall–Kier alpha value is -4.33. The third kappa shape index (κ3) is 4.36. The number of carbonyl (C=O) groups is 2. The number of carbonyl (C=O) groups excluding carboxylic acids is 2. The fourth-order valence-electron chi connectivity index (χ4n) is 3.78. The van der Waals surface area contributed by atoms with Crippen LogP contribution in [0.4, 0.5) is 0 Å². The molecule has 2 amide bonds. The van der Waals surface area contributed by atoms with Crippen molar-refractivity contribution in [1.29, 1.82) is 0 Å². The fourth-order valence-corrected chi connectivity index (χ4v) is 3.78. The van der Waals surface area contributed by atoms with Crippen LogP contribution in [0.1, 0.15) is 22.6 Å². The van der Waals surface area contributed by atoms with E-state index in [4.69, 9.17) is 14.5 Å². The summed E-state index contributed by atoms with van der Waals surface area (Å²) in [6.07, 6.45) is 0.576. The van der Waals surface area contributed by atoms with Crippen LogP contribution in [0.5, 0.6) is 11.5 Å². The second-order valence-electron chi connectivity index (χ2n) is 7.55. The van der Waals surface area contributed by atoms with E-state index in [9.17, 15) is 9.59 Å². The third-order valence-corrected chi connectivity index (χ3v) is 5.34. The summed E-state index contributed by atoms with van der Waals surface area (Å²) in [6, 6.07) is 22.7. The normalized spacial score (nSPS) is 12.4. The van der Waals surface area contributed by atoms with Crippen LogP contribution in [0.15, 0.2) is 72.8 Å². The van der Waals surface area contributed by atoms with Gasteiger partial charge < -0.3 is 9.47 Å². The van der Waals surface area contributed by atoms with E-state index in [1.807, 2.05) is 54.6 Å². The molecule has 0 fully saturated rings. The average molecular weight is 442 g/mol. The number of amides is 2. The summed E-state index contributed by atoms with van der Waals surface area (Å²) in [6.45, 7) is 0.912. The summed E-state index contributed by atoms with van der Waals surface area (Å²) >= 11 is 0. The van der Waals surface area contributed by atoms with Gasteiger partial charge in [-0.3, -0.25) is 25.0 Å². The number of imidazole rings is 1. The number of hydrogen-bond acceptors (Lipinski definition) is 5. The largest absolute Gasteiger partial charge is 0.486 e. The van der Waals surface area contributed by atoms with Crippen molar-refractivity contribution in [3.8, 4) is 17.2 Å². The summed E-state index contributed by atoms with van der Waals surface area (Å²) in [5.41, 5.74) is 8.12. The van der Waals surface area contributed by atoms with E-state index in [0.29, 0.717) is 36.7 Å². The van der Waals surface area contributed by atoms with Crippen LogP contribution >= 0.6 is 0 Å². The molecule has 0 saturated heterocycles. The van der Waals surface area contributed by atoms with Crippen LogP contribution in [-0.4, -0.2) is 34.6 Å². The van der Waals surface area contributed by atoms with Crippen LogP contribution in [0.3, 0.4) is 0 Å². The predicted octanol–water partition coefficient (Wildman–Crippen LogP) is 3.19. The number of nitrogens with zero attached hydrogens (tertiary/aromatic N) is 2. The number of aryl methyl sites for hydroxylation is 1. The number of rotatable bonds is 5. The van der Waals surface area contributed by atoms with Crippen molar-refractivity contribution >= 4 is 22.8 Å². The lowest BCUT2D eigenvalue weighted by molar-refractivity contribution is -0.121. The first kappa shape index (κ1) is 20.6. The number of hydrazine groups is 1. The Bertz CT molecular complexity index is 1320. The minimum Gasteiger partial charge on any atom is -0.486 e. The highest BCUT2D eigenvalue weighted by Gasteiger charge is 2.16. The number of ether oxygens (including phenoxy) is 2. The maximum absolute atomic E-state index is 12.4. The number of para-hydroxylation sites is 3. The fraction of sp³-hybridized carbons (Fsp3) is 0.160. The Labute approximate surface area is 190 Å². The van der Waals surface area contributed by atoms with Crippen LogP contribution < -0.4 is 20.3 Å². The van der Waals surface area contributed by atoms with Crippen molar-refractivity contribution in [1.82, 2.24) is 20.4 Å². The molecule has 5 rings (SSSR count). The minimum atomic E-state index is -0.433.